The van der Waals surface area contributed by atoms with Gasteiger partial charge in [-0.1, -0.05) is 50.3 Å². The summed E-state index contributed by atoms with van der Waals surface area (Å²) >= 11 is 0. The third kappa shape index (κ3) is 5.22. The molecule has 0 saturated heterocycles. The summed E-state index contributed by atoms with van der Waals surface area (Å²) in [6.45, 7) is 1.77. The van der Waals surface area contributed by atoms with Gasteiger partial charge in [0.15, 0.2) is 15.6 Å². The Morgan fingerprint density at radius 3 is 2.41 bits per heavy atom. The van der Waals surface area contributed by atoms with Gasteiger partial charge < -0.3 is 9.73 Å². The van der Waals surface area contributed by atoms with Crippen LogP contribution in [0, 0.1) is 6.92 Å². The van der Waals surface area contributed by atoms with Crippen LogP contribution < -0.4 is 5.32 Å². The molecular weight excluding hydrogens is 362 g/mol. The van der Waals surface area contributed by atoms with E-state index in [0.717, 1.165) is 25.7 Å². The van der Waals surface area contributed by atoms with Crippen molar-refractivity contribution in [2.24, 2.45) is 0 Å². The van der Waals surface area contributed by atoms with Crippen LogP contribution in [0.4, 0.5) is 0 Å². The zero-order valence-corrected chi connectivity index (χ0v) is 16.6. The van der Waals surface area contributed by atoms with E-state index >= 15 is 0 Å². The van der Waals surface area contributed by atoms with Crippen molar-refractivity contribution in [2.75, 3.05) is 0 Å². The summed E-state index contributed by atoms with van der Waals surface area (Å²) in [5.41, 5.74) is 0.700. The standard InChI is InChI=1S/C21H27NO4S/c1-16-9-7-8-12-20(16)27(24,25)15-18-13-14-19(26-18)21(23)22-17-10-5-3-2-4-6-11-17/h7-9,12-14,17H,2-6,10-11,15H2,1H3,(H,22,23). The number of amides is 1. The molecule has 6 heteroatoms. The average Bonchev–Trinajstić information content (AvgIpc) is 3.05. The highest BCUT2D eigenvalue weighted by Gasteiger charge is 2.22. The molecule has 1 aromatic heterocycles. The van der Waals surface area contributed by atoms with Crippen LogP contribution in [0.1, 0.15) is 66.8 Å². The minimum atomic E-state index is -3.52. The first-order valence-corrected chi connectivity index (χ1v) is 11.3. The van der Waals surface area contributed by atoms with Gasteiger partial charge in [-0.25, -0.2) is 8.42 Å². The van der Waals surface area contributed by atoms with Crippen molar-refractivity contribution in [1.82, 2.24) is 5.32 Å². The molecule has 1 fully saturated rings. The molecule has 0 aliphatic heterocycles. The maximum Gasteiger partial charge on any atom is 0.287 e. The van der Waals surface area contributed by atoms with Crippen molar-refractivity contribution >= 4 is 15.7 Å². The molecule has 1 N–H and O–H groups in total. The van der Waals surface area contributed by atoms with Crippen LogP contribution in [0.3, 0.4) is 0 Å². The molecule has 27 heavy (non-hydrogen) atoms. The summed E-state index contributed by atoms with van der Waals surface area (Å²) in [4.78, 5) is 12.8. The molecule has 1 saturated carbocycles. The molecule has 1 heterocycles. The monoisotopic (exact) mass is 389 g/mol. The fraction of sp³-hybridized carbons (Fsp3) is 0.476. The number of carbonyl (C=O) groups is 1. The Labute approximate surface area is 161 Å². The minimum Gasteiger partial charge on any atom is -0.455 e. The van der Waals surface area contributed by atoms with Crippen molar-refractivity contribution in [3.8, 4) is 0 Å². The summed E-state index contributed by atoms with van der Waals surface area (Å²) in [6.07, 6.45) is 7.94. The Hall–Kier alpha value is -2.08. The Balaban J connectivity index is 1.65. The van der Waals surface area contributed by atoms with Crippen molar-refractivity contribution in [3.05, 3.63) is 53.5 Å². The smallest absolute Gasteiger partial charge is 0.287 e. The Kier molecular flexibility index (Phi) is 6.37. The maximum absolute atomic E-state index is 12.6. The van der Waals surface area contributed by atoms with E-state index in [1.54, 1.807) is 43.3 Å². The van der Waals surface area contributed by atoms with E-state index in [1.165, 1.54) is 19.3 Å². The molecule has 1 aromatic carbocycles. The van der Waals surface area contributed by atoms with Crippen LogP contribution in [0.2, 0.25) is 0 Å². The Morgan fingerprint density at radius 2 is 1.70 bits per heavy atom. The number of hydrogen-bond donors (Lipinski definition) is 1. The van der Waals surface area contributed by atoms with Gasteiger partial charge in [0.25, 0.3) is 5.91 Å². The number of furan rings is 1. The lowest BCUT2D eigenvalue weighted by atomic mass is 9.97. The number of sulfone groups is 1. The number of benzene rings is 1. The topological polar surface area (TPSA) is 76.4 Å². The molecule has 1 amide bonds. The van der Waals surface area contributed by atoms with Crippen LogP contribution in [-0.2, 0) is 15.6 Å². The molecule has 5 nitrogen and oxygen atoms in total. The second-order valence-electron chi connectivity index (χ2n) is 7.31. The summed E-state index contributed by atoms with van der Waals surface area (Å²) < 4.78 is 30.8. The summed E-state index contributed by atoms with van der Waals surface area (Å²) in [5, 5.41) is 3.04. The highest BCUT2D eigenvalue weighted by molar-refractivity contribution is 7.90. The summed E-state index contributed by atoms with van der Waals surface area (Å²) in [7, 11) is -3.52. The molecule has 146 valence electrons. The van der Waals surface area contributed by atoms with Gasteiger partial charge in [0, 0.05) is 6.04 Å². The first kappa shape index (κ1) is 19.7. The first-order chi connectivity index (χ1) is 13.0. The van der Waals surface area contributed by atoms with E-state index < -0.39 is 9.84 Å². The second-order valence-corrected chi connectivity index (χ2v) is 9.26. The molecule has 1 aliphatic carbocycles. The third-order valence-corrected chi connectivity index (χ3v) is 6.88. The van der Waals surface area contributed by atoms with Crippen LogP contribution >= 0.6 is 0 Å². The largest absolute Gasteiger partial charge is 0.455 e. The van der Waals surface area contributed by atoms with Crippen LogP contribution in [0.5, 0.6) is 0 Å². The van der Waals surface area contributed by atoms with E-state index in [4.69, 9.17) is 4.42 Å². The van der Waals surface area contributed by atoms with Gasteiger partial charge in [-0.15, -0.1) is 0 Å². The first-order valence-electron chi connectivity index (χ1n) is 9.64. The van der Waals surface area contributed by atoms with Crippen molar-refractivity contribution < 1.29 is 17.6 Å². The van der Waals surface area contributed by atoms with Gasteiger partial charge in [-0.2, -0.15) is 0 Å². The molecular formula is C21H27NO4S. The molecule has 1 aliphatic rings. The normalized spacial score (nSPS) is 16.5. The number of carbonyl (C=O) groups excluding carboxylic acids is 1. The van der Waals surface area contributed by atoms with E-state index in [2.05, 4.69) is 5.32 Å². The van der Waals surface area contributed by atoms with E-state index in [0.29, 0.717) is 10.5 Å². The molecule has 0 unspecified atom stereocenters. The summed E-state index contributed by atoms with van der Waals surface area (Å²) in [6, 6.07) is 10.2. The zero-order chi connectivity index (χ0) is 19.3. The van der Waals surface area contributed by atoms with Crippen LogP contribution in [-0.4, -0.2) is 20.4 Å². The molecule has 0 bridgehead atoms. The molecule has 0 spiro atoms. The van der Waals surface area contributed by atoms with Crippen molar-refractivity contribution in [3.63, 3.8) is 0 Å². The number of aryl methyl sites for hydroxylation is 1. The number of hydrogen-bond acceptors (Lipinski definition) is 4. The van der Waals surface area contributed by atoms with Crippen molar-refractivity contribution in [1.29, 1.82) is 0 Å². The van der Waals surface area contributed by atoms with Gasteiger partial charge in [-0.05, 0) is 43.5 Å². The molecule has 0 radical (unpaired) electrons. The third-order valence-electron chi connectivity index (χ3n) is 5.09. The predicted octanol–water partition coefficient (Wildman–Crippen LogP) is 4.40. The highest BCUT2D eigenvalue weighted by Crippen LogP contribution is 2.22. The average molecular weight is 390 g/mol. The van der Waals surface area contributed by atoms with E-state index in [1.807, 2.05) is 0 Å². The van der Waals surface area contributed by atoms with Gasteiger partial charge in [0.05, 0.1) is 4.90 Å². The van der Waals surface area contributed by atoms with Crippen LogP contribution in [0.15, 0.2) is 45.7 Å². The van der Waals surface area contributed by atoms with Gasteiger partial charge in [-0.3, -0.25) is 4.79 Å². The molecule has 3 rings (SSSR count). The lowest BCUT2D eigenvalue weighted by molar-refractivity contribution is 0.0900. The quantitative estimate of drug-likeness (QED) is 0.822. The highest BCUT2D eigenvalue weighted by atomic mass is 32.2. The second kappa shape index (κ2) is 8.74. The van der Waals surface area contributed by atoms with Gasteiger partial charge >= 0.3 is 0 Å². The number of rotatable bonds is 5. The van der Waals surface area contributed by atoms with Gasteiger partial charge in [0.1, 0.15) is 11.5 Å². The fourth-order valence-electron chi connectivity index (χ4n) is 3.60. The lowest BCUT2D eigenvalue weighted by Gasteiger charge is -2.20. The fourth-order valence-corrected chi connectivity index (χ4v) is 5.13. The van der Waals surface area contributed by atoms with Crippen LogP contribution in [0.25, 0.3) is 0 Å². The maximum atomic E-state index is 12.6. The minimum absolute atomic E-state index is 0.169. The summed E-state index contributed by atoms with van der Waals surface area (Å²) in [5.74, 6) is -0.0672. The Morgan fingerprint density at radius 1 is 1.04 bits per heavy atom. The van der Waals surface area contributed by atoms with E-state index in [9.17, 15) is 13.2 Å². The van der Waals surface area contributed by atoms with Gasteiger partial charge in [0.2, 0.25) is 0 Å². The number of nitrogens with one attached hydrogen (secondary N) is 1. The Bertz CT molecular complexity index is 877. The lowest BCUT2D eigenvalue weighted by Crippen LogP contribution is -2.35. The SMILES string of the molecule is Cc1ccccc1S(=O)(=O)Cc1ccc(C(=O)NC2CCCCCCC2)o1. The van der Waals surface area contributed by atoms with E-state index in [-0.39, 0.29) is 29.2 Å². The molecule has 0 atom stereocenters. The predicted molar refractivity (Wildman–Crippen MR) is 104 cm³/mol. The molecule has 2 aromatic rings. The zero-order valence-electron chi connectivity index (χ0n) is 15.7. The van der Waals surface area contributed by atoms with Crippen molar-refractivity contribution in [2.45, 2.75) is 68.6 Å².